The molecule has 1 aromatic carbocycles. The molecule has 1 aromatic rings. The van der Waals surface area contributed by atoms with Crippen molar-refractivity contribution in [1.29, 1.82) is 0 Å². The molecule has 9 atom stereocenters. The Balaban J connectivity index is 1.32. The van der Waals surface area contributed by atoms with Gasteiger partial charge in [-0.25, -0.2) is 4.79 Å². The van der Waals surface area contributed by atoms with Gasteiger partial charge in [0.05, 0.1) is 11.7 Å². The van der Waals surface area contributed by atoms with Crippen LogP contribution in [0.4, 0.5) is 0 Å². The number of ether oxygens (including phenoxy) is 2. The highest BCUT2D eigenvalue weighted by molar-refractivity contribution is 5.89. The zero-order valence-corrected chi connectivity index (χ0v) is 24.9. The summed E-state index contributed by atoms with van der Waals surface area (Å²) in [6.07, 6.45) is 15.1. The van der Waals surface area contributed by atoms with Gasteiger partial charge in [-0.15, -0.1) is 0 Å². The average molecular weight is 521 g/mol. The minimum atomic E-state index is -0.190. The van der Waals surface area contributed by atoms with Crippen molar-refractivity contribution in [2.45, 2.75) is 111 Å². The lowest BCUT2D eigenvalue weighted by molar-refractivity contribution is -0.106. The van der Waals surface area contributed by atoms with Gasteiger partial charge in [-0.05, 0) is 97.0 Å². The highest BCUT2D eigenvalue weighted by Gasteiger charge is 2.61. The molecule has 0 amide bonds. The first-order chi connectivity index (χ1) is 18.2. The third kappa shape index (κ3) is 5.02. The molecule has 3 heteroatoms. The third-order valence-corrected chi connectivity index (χ3v) is 11.8. The standard InChI is InChI=1S/C35H52O3/c1-23(2)11-10-12-24(3)28-15-16-29-32-30(18-20-35(28,29)5)34(4)19-17-27(21-26(34)22-31(32)37-6)38-33(36)25-13-8-7-9-14-25/h7-9,13-14,22-24,27-32H,10-12,15-21H2,1-6H3/t24-,27+,28+,29-,30-,31-,32-,34+,35+/m1/s1. The minimum Gasteiger partial charge on any atom is -0.458 e. The van der Waals surface area contributed by atoms with Crippen LogP contribution in [0.1, 0.15) is 109 Å². The first-order valence-electron chi connectivity index (χ1n) is 15.7. The fourth-order valence-electron chi connectivity index (χ4n) is 9.73. The quantitative estimate of drug-likeness (QED) is 0.254. The molecule has 3 saturated carbocycles. The van der Waals surface area contributed by atoms with Crippen molar-refractivity contribution in [2.24, 2.45) is 46.3 Å². The Hall–Kier alpha value is -1.61. The van der Waals surface area contributed by atoms with Crippen LogP contribution in [-0.4, -0.2) is 25.3 Å². The van der Waals surface area contributed by atoms with Crippen LogP contribution >= 0.6 is 0 Å². The van der Waals surface area contributed by atoms with Crippen molar-refractivity contribution in [3.63, 3.8) is 0 Å². The summed E-state index contributed by atoms with van der Waals surface area (Å²) in [6, 6.07) is 9.43. The van der Waals surface area contributed by atoms with E-state index in [0.29, 0.717) is 22.8 Å². The number of hydrogen-bond donors (Lipinski definition) is 0. The first-order valence-corrected chi connectivity index (χ1v) is 15.7. The zero-order chi connectivity index (χ0) is 27.1. The van der Waals surface area contributed by atoms with Gasteiger partial charge in [0.15, 0.2) is 0 Å². The zero-order valence-electron chi connectivity index (χ0n) is 24.9. The molecule has 0 bridgehead atoms. The molecule has 4 aliphatic rings. The number of methoxy groups -OCH3 is 1. The predicted octanol–water partition coefficient (Wildman–Crippen LogP) is 8.88. The van der Waals surface area contributed by atoms with Crippen molar-refractivity contribution in [2.75, 3.05) is 7.11 Å². The summed E-state index contributed by atoms with van der Waals surface area (Å²) in [5, 5.41) is 0. The fraction of sp³-hybridized carbons (Fsp3) is 0.743. The molecular formula is C35H52O3. The molecule has 210 valence electrons. The van der Waals surface area contributed by atoms with Crippen molar-refractivity contribution in [3.05, 3.63) is 47.5 Å². The molecule has 0 saturated heterocycles. The lowest BCUT2D eigenvalue weighted by atomic mass is 9.46. The largest absolute Gasteiger partial charge is 0.458 e. The van der Waals surface area contributed by atoms with Crippen LogP contribution in [0.25, 0.3) is 0 Å². The van der Waals surface area contributed by atoms with Gasteiger partial charge in [0.1, 0.15) is 6.10 Å². The van der Waals surface area contributed by atoms with Crippen LogP contribution in [-0.2, 0) is 9.47 Å². The summed E-state index contributed by atoms with van der Waals surface area (Å²) in [4.78, 5) is 12.8. The van der Waals surface area contributed by atoms with Crippen LogP contribution in [0.3, 0.4) is 0 Å². The summed E-state index contributed by atoms with van der Waals surface area (Å²) in [5.41, 5.74) is 2.79. The van der Waals surface area contributed by atoms with E-state index < -0.39 is 0 Å². The molecular weight excluding hydrogens is 468 g/mol. The molecule has 3 fully saturated rings. The lowest BCUT2D eigenvalue weighted by Crippen LogP contribution is -2.55. The number of benzene rings is 1. The van der Waals surface area contributed by atoms with Gasteiger partial charge in [0, 0.05) is 13.5 Å². The summed E-state index contributed by atoms with van der Waals surface area (Å²) >= 11 is 0. The van der Waals surface area contributed by atoms with E-state index in [4.69, 9.17) is 9.47 Å². The number of carbonyl (C=O) groups excluding carboxylic acids is 1. The Labute approximate surface area is 232 Å². The lowest BCUT2D eigenvalue weighted by Gasteiger charge is -2.60. The fourth-order valence-corrected chi connectivity index (χ4v) is 9.73. The average Bonchev–Trinajstić information content (AvgIpc) is 3.26. The third-order valence-electron chi connectivity index (χ3n) is 11.8. The smallest absolute Gasteiger partial charge is 0.338 e. The van der Waals surface area contributed by atoms with E-state index in [1.165, 1.54) is 50.5 Å². The Bertz CT molecular complexity index is 998. The van der Waals surface area contributed by atoms with Crippen LogP contribution < -0.4 is 0 Å². The molecule has 5 rings (SSSR count). The Morgan fingerprint density at radius 2 is 1.74 bits per heavy atom. The van der Waals surface area contributed by atoms with Crippen LogP contribution in [0, 0.1) is 46.3 Å². The maximum Gasteiger partial charge on any atom is 0.338 e. The molecule has 38 heavy (non-hydrogen) atoms. The van der Waals surface area contributed by atoms with Crippen LogP contribution in [0.2, 0.25) is 0 Å². The Morgan fingerprint density at radius 1 is 0.974 bits per heavy atom. The molecule has 0 aliphatic heterocycles. The number of rotatable bonds is 8. The first kappa shape index (κ1) is 27.9. The molecule has 0 unspecified atom stereocenters. The van der Waals surface area contributed by atoms with Crippen LogP contribution in [0.5, 0.6) is 0 Å². The molecule has 0 heterocycles. The molecule has 0 N–H and O–H groups in total. The number of fused-ring (bicyclic) bond motifs is 5. The van der Waals surface area contributed by atoms with Gasteiger partial charge >= 0.3 is 5.97 Å². The number of hydrogen-bond acceptors (Lipinski definition) is 3. The molecule has 4 aliphatic carbocycles. The van der Waals surface area contributed by atoms with E-state index in [1.54, 1.807) is 0 Å². The Kier molecular flexibility index (Phi) is 8.17. The summed E-state index contributed by atoms with van der Waals surface area (Å²) in [5.74, 6) is 4.34. The second kappa shape index (κ2) is 11.1. The maximum absolute atomic E-state index is 12.8. The van der Waals surface area contributed by atoms with Gasteiger partial charge in [-0.2, -0.15) is 0 Å². The normalized spacial score (nSPS) is 39.1. The predicted molar refractivity (Wildman–Crippen MR) is 155 cm³/mol. The summed E-state index contributed by atoms with van der Waals surface area (Å²) < 4.78 is 12.3. The van der Waals surface area contributed by atoms with Gasteiger partial charge in [-0.3, -0.25) is 0 Å². The second-order valence-corrected chi connectivity index (χ2v) is 14.3. The van der Waals surface area contributed by atoms with Gasteiger partial charge < -0.3 is 9.47 Å². The topological polar surface area (TPSA) is 35.5 Å². The summed E-state index contributed by atoms with van der Waals surface area (Å²) in [6.45, 7) is 12.4. The highest BCUT2D eigenvalue weighted by atomic mass is 16.5. The van der Waals surface area contributed by atoms with Gasteiger partial charge in [0.2, 0.25) is 0 Å². The number of esters is 1. The van der Waals surface area contributed by atoms with Crippen molar-refractivity contribution in [1.82, 2.24) is 0 Å². The van der Waals surface area contributed by atoms with E-state index in [0.717, 1.165) is 42.9 Å². The molecule has 0 aromatic heterocycles. The second-order valence-electron chi connectivity index (χ2n) is 14.3. The summed E-state index contributed by atoms with van der Waals surface area (Å²) in [7, 11) is 1.92. The van der Waals surface area contributed by atoms with E-state index in [-0.39, 0.29) is 23.6 Å². The molecule has 0 radical (unpaired) electrons. The van der Waals surface area contributed by atoms with Crippen molar-refractivity contribution < 1.29 is 14.3 Å². The van der Waals surface area contributed by atoms with E-state index >= 15 is 0 Å². The van der Waals surface area contributed by atoms with E-state index in [1.807, 2.05) is 37.4 Å². The van der Waals surface area contributed by atoms with Crippen molar-refractivity contribution in [3.8, 4) is 0 Å². The van der Waals surface area contributed by atoms with Gasteiger partial charge in [-0.1, -0.05) is 83.7 Å². The minimum absolute atomic E-state index is 0.0347. The van der Waals surface area contributed by atoms with E-state index in [9.17, 15) is 4.79 Å². The maximum atomic E-state index is 12.8. The Morgan fingerprint density at radius 3 is 2.45 bits per heavy atom. The molecule has 3 nitrogen and oxygen atoms in total. The van der Waals surface area contributed by atoms with E-state index in [2.05, 4.69) is 40.7 Å². The highest BCUT2D eigenvalue weighted by Crippen LogP contribution is 2.67. The van der Waals surface area contributed by atoms with Crippen LogP contribution in [0.15, 0.2) is 42.0 Å². The molecule has 0 spiro atoms. The number of carbonyl (C=O) groups is 1. The van der Waals surface area contributed by atoms with Gasteiger partial charge in [0.25, 0.3) is 0 Å². The SMILES string of the molecule is CO[C@@H]1C=C2C[C@@H](OC(=O)c3ccccc3)CC[C@]2(C)[C@@H]2CC[C@]3(C)[C@H](CC[C@H]3[C@H](C)CCCC(C)C)[C@H]21. The van der Waals surface area contributed by atoms with Crippen molar-refractivity contribution >= 4 is 5.97 Å². The monoisotopic (exact) mass is 520 g/mol.